The highest BCUT2D eigenvalue weighted by Gasteiger charge is 2.25. The maximum atomic E-state index is 11.3. The molecule has 0 aromatic carbocycles. The van der Waals surface area contributed by atoms with Crippen molar-refractivity contribution in [2.24, 2.45) is 0 Å². The lowest BCUT2D eigenvalue weighted by atomic mass is 10.3. The maximum absolute atomic E-state index is 11.3. The van der Waals surface area contributed by atoms with Crippen LogP contribution in [0.15, 0.2) is 12.4 Å². The molecule has 0 amide bonds. The molecule has 0 aliphatic carbocycles. The van der Waals surface area contributed by atoms with E-state index in [0.29, 0.717) is 23.7 Å². The van der Waals surface area contributed by atoms with Gasteiger partial charge in [0.05, 0.1) is 16.8 Å². The molecule has 2 rings (SSSR count). The average Bonchev–Trinajstić information content (AvgIpc) is 2.96. The molecule has 0 unspecified atom stereocenters. The van der Waals surface area contributed by atoms with E-state index in [2.05, 4.69) is 15.5 Å². The van der Waals surface area contributed by atoms with Crippen molar-refractivity contribution in [3.05, 3.63) is 28.2 Å². The summed E-state index contributed by atoms with van der Waals surface area (Å²) in [6.07, 6.45) is 4.33. The van der Waals surface area contributed by atoms with Crippen LogP contribution in [0, 0.1) is 17.0 Å². The van der Waals surface area contributed by atoms with Gasteiger partial charge in [0, 0.05) is 18.8 Å². The van der Waals surface area contributed by atoms with Crippen molar-refractivity contribution in [2.75, 3.05) is 5.32 Å². The van der Waals surface area contributed by atoms with Crippen LogP contribution < -0.4 is 5.32 Å². The molecule has 2 aromatic rings. The molecule has 1 N–H and O–H groups in total. The number of nitrogens with zero attached hydrogens (tertiary/aromatic N) is 5. The quantitative estimate of drug-likeness (QED) is 0.652. The van der Waals surface area contributed by atoms with Crippen LogP contribution >= 0.6 is 0 Å². The summed E-state index contributed by atoms with van der Waals surface area (Å²) in [7, 11) is 0. The third-order valence-corrected chi connectivity index (χ3v) is 3.11. The second-order valence-electron chi connectivity index (χ2n) is 5.19. The summed E-state index contributed by atoms with van der Waals surface area (Å²) < 4.78 is 3.43. The molecule has 0 saturated heterocycles. The van der Waals surface area contributed by atoms with Gasteiger partial charge in [-0.25, -0.2) is 4.68 Å². The molecule has 0 bridgehead atoms. The molecular weight excluding hydrogens is 272 g/mol. The first-order valence-corrected chi connectivity index (χ1v) is 6.97. The zero-order chi connectivity index (χ0) is 15.6. The van der Waals surface area contributed by atoms with Gasteiger partial charge in [0.2, 0.25) is 5.82 Å². The van der Waals surface area contributed by atoms with Gasteiger partial charge in [0.15, 0.2) is 0 Å². The monoisotopic (exact) mass is 292 g/mol. The van der Waals surface area contributed by atoms with E-state index in [-0.39, 0.29) is 11.7 Å². The minimum atomic E-state index is -0.399. The summed E-state index contributed by atoms with van der Waals surface area (Å²) in [5.41, 5.74) is 1.14. The Morgan fingerprint density at radius 3 is 2.71 bits per heavy atom. The lowest BCUT2D eigenvalue weighted by Crippen LogP contribution is -2.05. The van der Waals surface area contributed by atoms with E-state index < -0.39 is 4.92 Å². The number of hydrogen-bond donors (Lipinski definition) is 1. The Bertz CT molecular complexity index is 643. The second kappa shape index (κ2) is 5.94. The van der Waals surface area contributed by atoms with Crippen LogP contribution in [-0.2, 0) is 6.54 Å². The molecule has 0 spiro atoms. The SMILES string of the molecule is CCCn1nc(C)c([N+](=O)[O-])c1Nc1cnn(C(C)C)c1. The van der Waals surface area contributed by atoms with E-state index in [9.17, 15) is 10.1 Å². The Morgan fingerprint density at radius 1 is 1.48 bits per heavy atom. The topological polar surface area (TPSA) is 90.8 Å². The molecule has 21 heavy (non-hydrogen) atoms. The largest absolute Gasteiger partial charge is 0.334 e. The maximum Gasteiger partial charge on any atom is 0.334 e. The zero-order valence-corrected chi connectivity index (χ0v) is 12.7. The van der Waals surface area contributed by atoms with Gasteiger partial charge in [-0.2, -0.15) is 10.2 Å². The molecular formula is C13H20N6O2. The first-order valence-electron chi connectivity index (χ1n) is 6.97. The molecule has 0 radical (unpaired) electrons. The van der Waals surface area contributed by atoms with Crippen molar-refractivity contribution in [1.82, 2.24) is 19.6 Å². The summed E-state index contributed by atoms with van der Waals surface area (Å²) in [4.78, 5) is 10.9. The van der Waals surface area contributed by atoms with E-state index in [4.69, 9.17) is 0 Å². The summed E-state index contributed by atoms with van der Waals surface area (Å²) in [5, 5.41) is 22.8. The molecule has 0 aliphatic rings. The number of hydrogen-bond acceptors (Lipinski definition) is 5. The van der Waals surface area contributed by atoms with Crippen molar-refractivity contribution in [3.63, 3.8) is 0 Å². The van der Waals surface area contributed by atoms with Gasteiger partial charge >= 0.3 is 5.69 Å². The van der Waals surface area contributed by atoms with Crippen LogP contribution in [0.3, 0.4) is 0 Å². The third kappa shape index (κ3) is 3.04. The molecule has 8 heteroatoms. The standard InChI is InChI=1S/C13H20N6O2/c1-5-6-17-13(12(19(20)21)10(4)16-17)15-11-7-14-18(8-11)9(2)3/h7-9,15H,5-6H2,1-4H3. The van der Waals surface area contributed by atoms with E-state index in [1.54, 1.807) is 22.5 Å². The number of aryl methyl sites for hydroxylation is 2. The van der Waals surface area contributed by atoms with Gasteiger partial charge in [-0.3, -0.25) is 14.8 Å². The Kier molecular flexibility index (Phi) is 4.25. The van der Waals surface area contributed by atoms with Crippen LogP contribution in [-0.4, -0.2) is 24.5 Å². The lowest BCUT2D eigenvalue weighted by Gasteiger charge is -2.07. The van der Waals surface area contributed by atoms with E-state index >= 15 is 0 Å². The zero-order valence-electron chi connectivity index (χ0n) is 12.7. The molecule has 8 nitrogen and oxygen atoms in total. The van der Waals surface area contributed by atoms with Crippen LogP contribution in [0.4, 0.5) is 17.2 Å². The van der Waals surface area contributed by atoms with Crippen LogP contribution in [0.25, 0.3) is 0 Å². The molecule has 0 aliphatic heterocycles. The predicted octanol–water partition coefficient (Wildman–Crippen LogP) is 3.03. The first kappa shape index (κ1) is 15.0. The number of anilines is 2. The van der Waals surface area contributed by atoms with Crippen molar-refractivity contribution in [1.29, 1.82) is 0 Å². The van der Waals surface area contributed by atoms with Gasteiger partial charge in [-0.1, -0.05) is 6.92 Å². The van der Waals surface area contributed by atoms with Crippen molar-refractivity contribution in [2.45, 2.75) is 46.7 Å². The molecule has 0 fully saturated rings. The summed E-state index contributed by atoms with van der Waals surface area (Å²) in [6, 6.07) is 0.234. The van der Waals surface area contributed by atoms with Gasteiger partial charge in [-0.15, -0.1) is 0 Å². The van der Waals surface area contributed by atoms with E-state index in [1.165, 1.54) is 0 Å². The normalized spacial score (nSPS) is 11.1. The van der Waals surface area contributed by atoms with Crippen molar-refractivity contribution >= 4 is 17.2 Å². The molecule has 0 atom stereocenters. The van der Waals surface area contributed by atoms with Crippen LogP contribution in [0.2, 0.25) is 0 Å². The number of nitrogens with one attached hydrogen (secondary N) is 1. The molecule has 0 saturated carbocycles. The van der Waals surface area contributed by atoms with Gasteiger partial charge in [0.25, 0.3) is 0 Å². The number of nitro groups is 1. The average molecular weight is 292 g/mol. The minimum Gasteiger partial charge on any atom is -0.332 e. The molecule has 2 heterocycles. The highest BCUT2D eigenvalue weighted by atomic mass is 16.6. The van der Waals surface area contributed by atoms with Gasteiger partial charge < -0.3 is 5.32 Å². The Balaban J connectivity index is 2.38. The highest BCUT2D eigenvalue weighted by Crippen LogP contribution is 2.31. The summed E-state index contributed by atoms with van der Waals surface area (Å²) in [6.45, 7) is 8.31. The predicted molar refractivity (Wildman–Crippen MR) is 79.8 cm³/mol. The fourth-order valence-corrected chi connectivity index (χ4v) is 2.11. The Labute approximate surface area is 122 Å². The van der Waals surface area contributed by atoms with Gasteiger partial charge in [0.1, 0.15) is 5.69 Å². The fourth-order valence-electron chi connectivity index (χ4n) is 2.11. The van der Waals surface area contributed by atoms with E-state index in [1.807, 2.05) is 27.0 Å². The lowest BCUT2D eigenvalue weighted by molar-refractivity contribution is -0.384. The van der Waals surface area contributed by atoms with Crippen LogP contribution in [0.1, 0.15) is 38.9 Å². The minimum absolute atomic E-state index is 0.0146. The second-order valence-corrected chi connectivity index (χ2v) is 5.19. The van der Waals surface area contributed by atoms with E-state index in [0.717, 1.165) is 6.42 Å². The summed E-state index contributed by atoms with van der Waals surface area (Å²) in [5.74, 6) is 0.405. The fraction of sp³-hybridized carbons (Fsp3) is 0.538. The smallest absolute Gasteiger partial charge is 0.332 e. The van der Waals surface area contributed by atoms with Crippen molar-refractivity contribution < 1.29 is 4.92 Å². The Hall–Kier alpha value is -2.38. The summed E-state index contributed by atoms with van der Waals surface area (Å²) >= 11 is 0. The molecule has 2 aromatic heterocycles. The highest BCUT2D eigenvalue weighted by molar-refractivity contribution is 5.67. The van der Waals surface area contributed by atoms with Crippen molar-refractivity contribution in [3.8, 4) is 0 Å². The van der Waals surface area contributed by atoms with Crippen LogP contribution in [0.5, 0.6) is 0 Å². The van der Waals surface area contributed by atoms with Gasteiger partial charge in [-0.05, 0) is 27.2 Å². The Morgan fingerprint density at radius 2 is 2.19 bits per heavy atom. The molecule has 114 valence electrons. The number of aromatic nitrogens is 4. The first-order chi connectivity index (χ1) is 9.93. The third-order valence-electron chi connectivity index (χ3n) is 3.11. The number of rotatable bonds is 6.